The molecule has 0 saturated heterocycles. The Hall–Kier alpha value is -1.53. The summed E-state index contributed by atoms with van der Waals surface area (Å²) in [6.45, 7) is 3.03. The third-order valence-electron chi connectivity index (χ3n) is 4.69. The smallest absolute Gasteiger partial charge is 0.133 e. The molecule has 0 amide bonds. The topological polar surface area (TPSA) is 29.9 Å². The number of benzene rings is 2. The molecule has 0 radical (unpaired) electrons. The second-order valence-electron chi connectivity index (χ2n) is 6.37. The van der Waals surface area contributed by atoms with E-state index in [1.54, 1.807) is 0 Å². The van der Waals surface area contributed by atoms with Gasteiger partial charge in [-0.05, 0) is 78.6 Å². The summed E-state index contributed by atoms with van der Waals surface area (Å²) in [6, 6.07) is 14.5. The van der Waals surface area contributed by atoms with Gasteiger partial charge in [0, 0.05) is 26.3 Å². The minimum atomic E-state index is 0.770. The zero-order chi connectivity index (χ0) is 17.4. The lowest BCUT2D eigenvalue weighted by Crippen LogP contribution is -2.08. The molecular formula is C20H19ClIN3. The van der Waals surface area contributed by atoms with E-state index in [0.717, 1.165) is 40.8 Å². The predicted molar refractivity (Wildman–Crippen MR) is 113 cm³/mol. The summed E-state index contributed by atoms with van der Waals surface area (Å²) in [6.07, 6.45) is 3.40. The number of fused-ring (bicyclic) bond motifs is 1. The van der Waals surface area contributed by atoms with E-state index in [9.17, 15) is 0 Å². The summed E-state index contributed by atoms with van der Waals surface area (Å²) in [5, 5.41) is 9.38. The van der Waals surface area contributed by atoms with E-state index in [-0.39, 0.29) is 0 Å². The van der Waals surface area contributed by atoms with Gasteiger partial charge in [-0.25, -0.2) is 4.68 Å². The molecule has 1 aromatic heterocycles. The highest BCUT2D eigenvalue weighted by Crippen LogP contribution is 2.35. The molecule has 2 heterocycles. The molecule has 3 nitrogen and oxygen atoms in total. The summed E-state index contributed by atoms with van der Waals surface area (Å²) in [5.41, 5.74) is 5.64. The van der Waals surface area contributed by atoms with E-state index in [2.05, 4.69) is 58.2 Å². The van der Waals surface area contributed by atoms with Crippen LogP contribution in [0.25, 0.3) is 16.9 Å². The van der Waals surface area contributed by atoms with Gasteiger partial charge < -0.3 is 5.32 Å². The Balaban J connectivity index is 1.95. The van der Waals surface area contributed by atoms with Crippen LogP contribution in [0.15, 0.2) is 42.5 Å². The van der Waals surface area contributed by atoms with Crippen molar-refractivity contribution in [3.63, 3.8) is 0 Å². The molecule has 4 rings (SSSR count). The molecule has 0 saturated carbocycles. The summed E-state index contributed by atoms with van der Waals surface area (Å²) in [4.78, 5) is 0. The normalized spacial score (nSPS) is 13.9. The molecule has 0 unspecified atom stereocenters. The van der Waals surface area contributed by atoms with Crippen molar-refractivity contribution >= 4 is 40.0 Å². The van der Waals surface area contributed by atoms with Crippen LogP contribution in [0, 0.1) is 10.5 Å². The molecular weight excluding hydrogens is 445 g/mol. The lowest BCUT2D eigenvalue weighted by Gasteiger charge is -2.12. The fourth-order valence-corrected chi connectivity index (χ4v) is 4.08. The van der Waals surface area contributed by atoms with Crippen LogP contribution in [0.4, 0.5) is 5.82 Å². The Morgan fingerprint density at radius 2 is 2.00 bits per heavy atom. The van der Waals surface area contributed by atoms with Crippen LogP contribution in [0.2, 0.25) is 5.02 Å². The van der Waals surface area contributed by atoms with Crippen LogP contribution < -0.4 is 5.32 Å². The third kappa shape index (κ3) is 3.17. The van der Waals surface area contributed by atoms with E-state index in [0.29, 0.717) is 0 Å². The van der Waals surface area contributed by atoms with Crippen LogP contribution in [0.5, 0.6) is 0 Å². The van der Waals surface area contributed by atoms with Gasteiger partial charge in [0.15, 0.2) is 0 Å². The first-order valence-electron chi connectivity index (χ1n) is 8.52. The lowest BCUT2D eigenvalue weighted by atomic mass is 10.0. The Bertz CT molecular complexity index is 933. The monoisotopic (exact) mass is 463 g/mol. The van der Waals surface area contributed by atoms with Gasteiger partial charge >= 0.3 is 0 Å². The van der Waals surface area contributed by atoms with Gasteiger partial charge in [0.05, 0.1) is 11.4 Å². The third-order valence-corrected chi connectivity index (χ3v) is 5.78. The largest absolute Gasteiger partial charge is 0.370 e. The van der Waals surface area contributed by atoms with E-state index in [1.165, 1.54) is 27.5 Å². The molecule has 5 heteroatoms. The molecule has 3 aromatic rings. The van der Waals surface area contributed by atoms with Crippen LogP contribution in [0.3, 0.4) is 0 Å². The standard InChI is InChI=1S/C20H19ClIN3/c1-13-17(21)9-5-10-18(13)25-20-16(8-2-3-11-23-20)19(24-25)14-6-4-7-15(22)12-14/h4-7,9-10,12,23H,2-3,8,11H2,1H3. The molecule has 0 atom stereocenters. The Kier molecular flexibility index (Phi) is 4.73. The van der Waals surface area contributed by atoms with E-state index < -0.39 is 0 Å². The molecule has 0 fully saturated rings. The number of hydrogen-bond acceptors (Lipinski definition) is 2. The molecule has 1 aliphatic heterocycles. The van der Waals surface area contributed by atoms with Crippen molar-refractivity contribution in [2.75, 3.05) is 11.9 Å². The Morgan fingerprint density at radius 3 is 2.84 bits per heavy atom. The van der Waals surface area contributed by atoms with E-state index in [4.69, 9.17) is 16.7 Å². The lowest BCUT2D eigenvalue weighted by molar-refractivity contribution is 0.779. The molecule has 25 heavy (non-hydrogen) atoms. The summed E-state index contributed by atoms with van der Waals surface area (Å²) in [5.74, 6) is 1.11. The van der Waals surface area contributed by atoms with Crippen molar-refractivity contribution in [1.29, 1.82) is 0 Å². The molecule has 1 aliphatic rings. The maximum absolute atomic E-state index is 6.36. The van der Waals surface area contributed by atoms with Gasteiger partial charge in [0.25, 0.3) is 0 Å². The molecule has 128 valence electrons. The van der Waals surface area contributed by atoms with Crippen molar-refractivity contribution in [3.05, 3.63) is 62.2 Å². The maximum atomic E-state index is 6.36. The molecule has 0 aliphatic carbocycles. The Labute approximate surface area is 166 Å². The van der Waals surface area contributed by atoms with Gasteiger partial charge in [-0.2, -0.15) is 5.10 Å². The zero-order valence-corrected chi connectivity index (χ0v) is 16.9. The number of rotatable bonds is 2. The number of hydrogen-bond donors (Lipinski definition) is 1. The van der Waals surface area contributed by atoms with Crippen molar-refractivity contribution in [1.82, 2.24) is 9.78 Å². The Morgan fingerprint density at radius 1 is 1.16 bits per heavy atom. The first-order chi connectivity index (χ1) is 12.1. The second-order valence-corrected chi connectivity index (χ2v) is 8.02. The number of nitrogens with one attached hydrogen (secondary N) is 1. The fraction of sp³-hybridized carbons (Fsp3) is 0.250. The van der Waals surface area contributed by atoms with Gasteiger partial charge in [-0.3, -0.25) is 0 Å². The van der Waals surface area contributed by atoms with Crippen LogP contribution >= 0.6 is 34.2 Å². The van der Waals surface area contributed by atoms with Gasteiger partial charge in [0.1, 0.15) is 5.82 Å². The summed E-state index contributed by atoms with van der Waals surface area (Å²) >= 11 is 8.72. The average molecular weight is 464 g/mol. The predicted octanol–water partition coefficient (Wildman–Crippen LogP) is 5.85. The van der Waals surface area contributed by atoms with Gasteiger partial charge in [-0.15, -0.1) is 0 Å². The number of anilines is 1. The number of nitrogens with zero attached hydrogens (tertiary/aromatic N) is 2. The van der Waals surface area contributed by atoms with Crippen LogP contribution in [-0.2, 0) is 6.42 Å². The maximum Gasteiger partial charge on any atom is 0.133 e. The molecule has 1 N–H and O–H groups in total. The highest BCUT2D eigenvalue weighted by molar-refractivity contribution is 14.1. The highest BCUT2D eigenvalue weighted by atomic mass is 127. The van der Waals surface area contributed by atoms with Crippen molar-refractivity contribution < 1.29 is 0 Å². The van der Waals surface area contributed by atoms with Crippen LogP contribution in [-0.4, -0.2) is 16.3 Å². The fourth-order valence-electron chi connectivity index (χ4n) is 3.37. The van der Waals surface area contributed by atoms with E-state index >= 15 is 0 Å². The zero-order valence-electron chi connectivity index (χ0n) is 14.0. The number of aromatic nitrogens is 2. The van der Waals surface area contributed by atoms with Crippen molar-refractivity contribution in [2.24, 2.45) is 0 Å². The highest BCUT2D eigenvalue weighted by Gasteiger charge is 2.22. The first-order valence-corrected chi connectivity index (χ1v) is 9.98. The molecule has 2 aromatic carbocycles. The molecule has 0 bridgehead atoms. The summed E-state index contributed by atoms with van der Waals surface area (Å²) < 4.78 is 3.26. The molecule has 0 spiro atoms. The quantitative estimate of drug-likeness (QED) is 0.483. The van der Waals surface area contributed by atoms with Crippen LogP contribution in [0.1, 0.15) is 24.0 Å². The minimum absolute atomic E-state index is 0.770. The van der Waals surface area contributed by atoms with Crippen molar-refractivity contribution in [3.8, 4) is 16.9 Å². The van der Waals surface area contributed by atoms with Gasteiger partial charge in [0.2, 0.25) is 0 Å². The van der Waals surface area contributed by atoms with Crippen molar-refractivity contribution in [2.45, 2.75) is 26.2 Å². The van der Waals surface area contributed by atoms with Gasteiger partial charge in [-0.1, -0.05) is 29.8 Å². The first kappa shape index (κ1) is 16.9. The van der Waals surface area contributed by atoms with E-state index in [1.807, 2.05) is 23.7 Å². The summed E-state index contributed by atoms with van der Waals surface area (Å²) in [7, 11) is 0. The minimum Gasteiger partial charge on any atom is -0.370 e. The SMILES string of the molecule is Cc1c(Cl)cccc1-n1nc(-c2cccc(I)c2)c2c1NCCCC2. The number of halogens is 2. The average Bonchev–Trinajstić information content (AvgIpc) is 2.79. The second kappa shape index (κ2) is 7.00.